The number of sulfonamides is 1. The Kier molecular flexibility index (Phi) is 7.23. The van der Waals surface area contributed by atoms with Crippen molar-refractivity contribution in [3.63, 3.8) is 0 Å². The molecule has 31 heavy (non-hydrogen) atoms. The van der Waals surface area contributed by atoms with Crippen LogP contribution in [0.25, 0.3) is 0 Å². The van der Waals surface area contributed by atoms with Crippen LogP contribution in [-0.4, -0.2) is 74.1 Å². The Morgan fingerprint density at radius 2 is 1.77 bits per heavy atom. The van der Waals surface area contributed by atoms with Crippen LogP contribution in [0.4, 0.5) is 4.79 Å². The van der Waals surface area contributed by atoms with Gasteiger partial charge in [-0.05, 0) is 51.3 Å². The van der Waals surface area contributed by atoms with Crippen LogP contribution in [0.1, 0.15) is 39.2 Å². The molecule has 0 unspecified atom stereocenters. The lowest BCUT2D eigenvalue weighted by atomic mass is 10.2. The molecule has 172 valence electrons. The number of morpholine rings is 1. The summed E-state index contributed by atoms with van der Waals surface area (Å²) in [5, 5.41) is 2.85. The summed E-state index contributed by atoms with van der Waals surface area (Å²) in [6.07, 6.45) is 0.843. The third kappa shape index (κ3) is 5.96. The summed E-state index contributed by atoms with van der Waals surface area (Å²) in [4.78, 5) is 26.7. The summed E-state index contributed by atoms with van der Waals surface area (Å²) in [5.74, 6) is -0.242. The first kappa shape index (κ1) is 23.5. The lowest BCUT2D eigenvalue weighted by molar-refractivity contribution is -0.125. The van der Waals surface area contributed by atoms with Gasteiger partial charge in [-0.15, -0.1) is 0 Å². The van der Waals surface area contributed by atoms with Crippen LogP contribution in [-0.2, 0) is 30.8 Å². The van der Waals surface area contributed by atoms with Gasteiger partial charge in [-0.25, -0.2) is 13.2 Å². The van der Waals surface area contributed by atoms with Crippen molar-refractivity contribution in [3.05, 3.63) is 29.8 Å². The van der Waals surface area contributed by atoms with E-state index in [1.807, 2.05) is 0 Å². The van der Waals surface area contributed by atoms with E-state index in [0.717, 1.165) is 12.0 Å². The second-order valence-electron chi connectivity index (χ2n) is 8.71. The molecule has 1 aromatic carbocycles. The molecule has 0 saturated carbocycles. The van der Waals surface area contributed by atoms with Crippen molar-refractivity contribution in [2.75, 3.05) is 32.8 Å². The highest BCUT2D eigenvalue weighted by Crippen LogP contribution is 2.21. The van der Waals surface area contributed by atoms with Crippen LogP contribution in [0.5, 0.6) is 0 Å². The highest BCUT2D eigenvalue weighted by atomic mass is 32.2. The molecule has 0 bridgehead atoms. The van der Waals surface area contributed by atoms with Gasteiger partial charge in [0, 0.05) is 26.2 Å². The molecule has 0 aliphatic carbocycles. The van der Waals surface area contributed by atoms with Gasteiger partial charge < -0.3 is 14.8 Å². The molecule has 2 heterocycles. The number of amides is 2. The number of carbonyl (C=O) groups is 2. The Morgan fingerprint density at radius 3 is 2.39 bits per heavy atom. The van der Waals surface area contributed by atoms with Crippen LogP contribution in [0.15, 0.2) is 29.2 Å². The molecule has 10 heteroatoms. The minimum atomic E-state index is -3.55. The number of hydrogen-bond donors (Lipinski definition) is 1. The van der Waals surface area contributed by atoms with Crippen LogP contribution < -0.4 is 5.32 Å². The second-order valence-corrected chi connectivity index (χ2v) is 10.6. The maximum atomic E-state index is 12.7. The lowest BCUT2D eigenvalue weighted by Crippen LogP contribution is -2.47. The molecule has 2 aliphatic rings. The Labute approximate surface area is 183 Å². The fourth-order valence-corrected chi connectivity index (χ4v) is 5.01. The van der Waals surface area contributed by atoms with Crippen molar-refractivity contribution in [2.45, 2.75) is 56.7 Å². The van der Waals surface area contributed by atoms with E-state index in [-0.39, 0.29) is 17.3 Å². The quantitative estimate of drug-likeness (QED) is 0.728. The zero-order chi connectivity index (χ0) is 22.6. The van der Waals surface area contributed by atoms with Crippen LogP contribution in [0.3, 0.4) is 0 Å². The fourth-order valence-electron chi connectivity index (χ4n) is 3.60. The first-order valence-corrected chi connectivity index (χ1v) is 12.0. The Bertz CT molecular complexity index is 889. The topological polar surface area (TPSA) is 105 Å². The summed E-state index contributed by atoms with van der Waals surface area (Å²) in [7, 11) is -3.55. The summed E-state index contributed by atoms with van der Waals surface area (Å²) in [5.41, 5.74) is 0.153. The Balaban J connectivity index is 1.57. The standard InChI is InChI=1S/C21H31N3O6S/c1-21(2,3)30-20(26)24-10-4-5-18(24)19(25)22-15-16-6-8-17(9-7-16)31(27,28)23-11-13-29-14-12-23/h6-9,18H,4-5,10-15H2,1-3H3,(H,22,25)/t18-/m0/s1. The van der Waals surface area contributed by atoms with Crippen molar-refractivity contribution in [1.29, 1.82) is 0 Å². The summed E-state index contributed by atoms with van der Waals surface area (Å²) >= 11 is 0. The van der Waals surface area contributed by atoms with E-state index in [9.17, 15) is 18.0 Å². The predicted octanol–water partition coefficient (Wildman–Crippen LogP) is 1.72. The zero-order valence-corrected chi connectivity index (χ0v) is 19.1. The van der Waals surface area contributed by atoms with Gasteiger partial charge in [-0.3, -0.25) is 9.69 Å². The van der Waals surface area contributed by atoms with Crippen molar-refractivity contribution in [2.24, 2.45) is 0 Å². The minimum absolute atomic E-state index is 0.219. The van der Waals surface area contributed by atoms with Gasteiger partial charge in [0.05, 0.1) is 18.1 Å². The van der Waals surface area contributed by atoms with E-state index in [2.05, 4.69) is 5.32 Å². The van der Waals surface area contributed by atoms with E-state index in [1.165, 1.54) is 9.21 Å². The van der Waals surface area contributed by atoms with Crippen molar-refractivity contribution in [3.8, 4) is 0 Å². The van der Waals surface area contributed by atoms with Gasteiger partial charge in [0.15, 0.2) is 0 Å². The number of benzene rings is 1. The Hall–Kier alpha value is -2.17. The van der Waals surface area contributed by atoms with Crippen LogP contribution in [0.2, 0.25) is 0 Å². The number of ether oxygens (including phenoxy) is 2. The van der Waals surface area contributed by atoms with Crippen LogP contribution in [0, 0.1) is 0 Å². The maximum absolute atomic E-state index is 12.7. The van der Waals surface area contributed by atoms with E-state index in [1.54, 1.807) is 45.0 Å². The lowest BCUT2D eigenvalue weighted by Gasteiger charge is -2.28. The molecule has 1 atom stereocenters. The minimum Gasteiger partial charge on any atom is -0.444 e. The third-order valence-electron chi connectivity index (χ3n) is 5.18. The highest BCUT2D eigenvalue weighted by Gasteiger charge is 2.36. The van der Waals surface area contributed by atoms with E-state index >= 15 is 0 Å². The van der Waals surface area contributed by atoms with Crippen molar-refractivity contribution < 1.29 is 27.5 Å². The fraction of sp³-hybridized carbons (Fsp3) is 0.619. The number of nitrogens with one attached hydrogen (secondary N) is 1. The zero-order valence-electron chi connectivity index (χ0n) is 18.3. The molecule has 3 rings (SSSR count). The van der Waals surface area contributed by atoms with Gasteiger partial charge in [0.2, 0.25) is 15.9 Å². The largest absolute Gasteiger partial charge is 0.444 e. The van der Waals surface area contributed by atoms with Crippen molar-refractivity contribution >= 4 is 22.0 Å². The average molecular weight is 454 g/mol. The second kappa shape index (κ2) is 9.54. The number of hydrogen-bond acceptors (Lipinski definition) is 6. The number of rotatable bonds is 5. The molecule has 2 aliphatic heterocycles. The van der Waals surface area contributed by atoms with E-state index in [0.29, 0.717) is 39.3 Å². The molecular formula is C21H31N3O6S. The molecule has 2 amide bonds. The Morgan fingerprint density at radius 1 is 1.13 bits per heavy atom. The molecule has 1 N–H and O–H groups in total. The molecule has 0 spiro atoms. The smallest absolute Gasteiger partial charge is 0.410 e. The van der Waals surface area contributed by atoms with E-state index < -0.39 is 27.8 Å². The van der Waals surface area contributed by atoms with Gasteiger partial charge in [0.1, 0.15) is 11.6 Å². The SMILES string of the molecule is CC(C)(C)OC(=O)N1CCC[C@H]1C(=O)NCc1ccc(S(=O)(=O)N2CCOCC2)cc1. The molecule has 1 aromatic rings. The average Bonchev–Trinajstić information content (AvgIpc) is 3.22. The van der Waals surface area contributed by atoms with Gasteiger partial charge in [-0.2, -0.15) is 4.31 Å². The first-order valence-electron chi connectivity index (χ1n) is 10.5. The maximum Gasteiger partial charge on any atom is 0.410 e. The number of carbonyl (C=O) groups excluding carboxylic acids is 2. The predicted molar refractivity (Wildman–Crippen MR) is 114 cm³/mol. The van der Waals surface area contributed by atoms with Gasteiger partial charge in [-0.1, -0.05) is 12.1 Å². The third-order valence-corrected chi connectivity index (χ3v) is 7.09. The van der Waals surface area contributed by atoms with Gasteiger partial charge >= 0.3 is 6.09 Å². The van der Waals surface area contributed by atoms with Crippen molar-refractivity contribution in [1.82, 2.24) is 14.5 Å². The molecule has 9 nitrogen and oxygen atoms in total. The molecule has 0 aromatic heterocycles. The van der Waals surface area contributed by atoms with Crippen LogP contribution >= 0.6 is 0 Å². The molecule has 0 radical (unpaired) electrons. The monoisotopic (exact) mass is 453 g/mol. The summed E-state index contributed by atoms with van der Waals surface area (Å²) < 4.78 is 37.4. The normalized spacial score (nSPS) is 20.5. The molecule has 2 saturated heterocycles. The highest BCUT2D eigenvalue weighted by molar-refractivity contribution is 7.89. The summed E-state index contributed by atoms with van der Waals surface area (Å²) in [6.45, 7) is 7.58. The van der Waals surface area contributed by atoms with E-state index in [4.69, 9.17) is 9.47 Å². The molecular weight excluding hydrogens is 422 g/mol. The number of likely N-dealkylation sites (tertiary alicyclic amines) is 1. The first-order chi connectivity index (χ1) is 14.6. The summed E-state index contributed by atoms with van der Waals surface area (Å²) in [6, 6.07) is 5.92. The van der Waals surface area contributed by atoms with Gasteiger partial charge in [0.25, 0.3) is 0 Å². The number of nitrogens with zero attached hydrogens (tertiary/aromatic N) is 2. The molecule has 2 fully saturated rings.